The van der Waals surface area contributed by atoms with E-state index in [1.54, 1.807) is 25.3 Å². The van der Waals surface area contributed by atoms with Gasteiger partial charge in [-0.25, -0.2) is 0 Å². The van der Waals surface area contributed by atoms with Crippen molar-refractivity contribution in [1.82, 2.24) is 0 Å². The Morgan fingerprint density at radius 3 is 2.68 bits per heavy atom. The number of benzene rings is 2. The number of fused-ring (bicyclic) bond motifs is 1. The minimum atomic E-state index is -0.0991. The number of hydrogen-bond donors (Lipinski definition) is 1. The van der Waals surface area contributed by atoms with Gasteiger partial charge in [-0.05, 0) is 68.0 Å². The number of aryl methyl sites for hydroxylation is 1. The molecule has 0 heterocycles. The maximum Gasteiger partial charge on any atom is 0.228 e. The standard InChI is InChI=1S/C21H23NO3/c1-14(23)16-10-11-20(25-2)17(12-16)13-21(24)22-19-9-5-7-15-6-3-4-8-18(15)19/h5,7,9-12H,3-4,6,8,13H2,1-2H3,(H,22,24). The summed E-state index contributed by atoms with van der Waals surface area (Å²) in [4.78, 5) is 24.2. The second kappa shape index (κ2) is 7.51. The van der Waals surface area contributed by atoms with Crippen LogP contribution in [0.25, 0.3) is 0 Å². The van der Waals surface area contributed by atoms with Gasteiger partial charge in [-0.3, -0.25) is 9.59 Å². The molecule has 0 unspecified atom stereocenters. The summed E-state index contributed by atoms with van der Waals surface area (Å²) in [6.45, 7) is 1.52. The number of carbonyl (C=O) groups excluding carboxylic acids is 2. The van der Waals surface area contributed by atoms with Gasteiger partial charge in [-0.2, -0.15) is 0 Å². The van der Waals surface area contributed by atoms with Gasteiger partial charge < -0.3 is 10.1 Å². The van der Waals surface area contributed by atoms with Crippen molar-refractivity contribution in [3.05, 3.63) is 58.7 Å². The molecule has 0 aromatic heterocycles. The number of carbonyl (C=O) groups is 2. The summed E-state index contributed by atoms with van der Waals surface area (Å²) in [6, 6.07) is 11.3. The molecule has 3 rings (SSSR count). The van der Waals surface area contributed by atoms with E-state index < -0.39 is 0 Å². The fourth-order valence-electron chi connectivity index (χ4n) is 3.40. The smallest absolute Gasteiger partial charge is 0.228 e. The molecular formula is C21H23NO3. The largest absolute Gasteiger partial charge is 0.496 e. The Morgan fingerprint density at radius 1 is 1.12 bits per heavy atom. The molecule has 2 aromatic rings. The van der Waals surface area contributed by atoms with Gasteiger partial charge in [-0.15, -0.1) is 0 Å². The van der Waals surface area contributed by atoms with Crippen molar-refractivity contribution in [3.8, 4) is 5.75 Å². The van der Waals surface area contributed by atoms with Crippen molar-refractivity contribution in [2.75, 3.05) is 12.4 Å². The minimum absolute atomic E-state index is 0.0264. The van der Waals surface area contributed by atoms with E-state index in [4.69, 9.17) is 4.74 Å². The highest BCUT2D eigenvalue weighted by molar-refractivity contribution is 5.96. The molecule has 0 atom stereocenters. The third-order valence-corrected chi connectivity index (χ3v) is 4.71. The molecule has 130 valence electrons. The van der Waals surface area contributed by atoms with Crippen LogP contribution in [-0.2, 0) is 24.1 Å². The van der Waals surface area contributed by atoms with Gasteiger partial charge in [0.25, 0.3) is 0 Å². The summed E-state index contributed by atoms with van der Waals surface area (Å²) >= 11 is 0. The minimum Gasteiger partial charge on any atom is -0.496 e. The lowest BCUT2D eigenvalue weighted by Gasteiger charge is -2.19. The third-order valence-electron chi connectivity index (χ3n) is 4.71. The summed E-state index contributed by atoms with van der Waals surface area (Å²) in [7, 11) is 1.57. The molecule has 0 fully saturated rings. The fraction of sp³-hybridized carbons (Fsp3) is 0.333. The Labute approximate surface area is 148 Å². The molecule has 0 radical (unpaired) electrons. The molecule has 1 amide bonds. The summed E-state index contributed by atoms with van der Waals surface area (Å²) in [5.41, 5.74) is 4.80. The molecule has 0 saturated heterocycles. The number of hydrogen-bond acceptors (Lipinski definition) is 3. The lowest BCUT2D eigenvalue weighted by Crippen LogP contribution is -2.17. The van der Waals surface area contributed by atoms with Gasteiger partial charge >= 0.3 is 0 Å². The summed E-state index contributed by atoms with van der Waals surface area (Å²) < 4.78 is 5.33. The summed E-state index contributed by atoms with van der Waals surface area (Å²) in [6.07, 6.45) is 4.63. The maximum atomic E-state index is 12.6. The van der Waals surface area contributed by atoms with E-state index in [0.717, 1.165) is 30.5 Å². The zero-order valence-electron chi connectivity index (χ0n) is 14.7. The molecule has 1 N–H and O–H groups in total. The Kier molecular flexibility index (Phi) is 5.17. The average Bonchev–Trinajstić information content (AvgIpc) is 2.62. The van der Waals surface area contributed by atoms with E-state index in [0.29, 0.717) is 11.3 Å². The third kappa shape index (κ3) is 3.90. The van der Waals surface area contributed by atoms with E-state index in [-0.39, 0.29) is 18.1 Å². The Morgan fingerprint density at radius 2 is 1.92 bits per heavy atom. The second-order valence-corrected chi connectivity index (χ2v) is 6.46. The molecule has 0 saturated carbocycles. The highest BCUT2D eigenvalue weighted by Gasteiger charge is 2.16. The number of methoxy groups -OCH3 is 1. The van der Waals surface area contributed by atoms with Crippen molar-refractivity contribution in [3.63, 3.8) is 0 Å². The van der Waals surface area contributed by atoms with E-state index in [1.165, 1.54) is 24.5 Å². The lowest BCUT2D eigenvalue weighted by molar-refractivity contribution is -0.115. The first-order valence-electron chi connectivity index (χ1n) is 8.67. The van der Waals surface area contributed by atoms with Crippen LogP contribution >= 0.6 is 0 Å². The van der Waals surface area contributed by atoms with Crippen molar-refractivity contribution in [1.29, 1.82) is 0 Å². The van der Waals surface area contributed by atoms with Crippen LogP contribution in [-0.4, -0.2) is 18.8 Å². The van der Waals surface area contributed by atoms with Gasteiger partial charge in [0, 0.05) is 16.8 Å². The van der Waals surface area contributed by atoms with Crippen LogP contribution in [0, 0.1) is 0 Å². The normalized spacial score (nSPS) is 13.0. The maximum absolute atomic E-state index is 12.6. The molecule has 0 spiro atoms. The highest BCUT2D eigenvalue weighted by Crippen LogP contribution is 2.28. The SMILES string of the molecule is COc1ccc(C(C)=O)cc1CC(=O)Nc1cccc2c1CCCC2. The van der Waals surface area contributed by atoms with E-state index in [9.17, 15) is 9.59 Å². The molecular weight excluding hydrogens is 314 g/mol. The zero-order chi connectivity index (χ0) is 17.8. The van der Waals surface area contributed by atoms with Gasteiger partial charge in [0.1, 0.15) is 5.75 Å². The second-order valence-electron chi connectivity index (χ2n) is 6.46. The molecule has 4 heteroatoms. The molecule has 25 heavy (non-hydrogen) atoms. The molecule has 0 aliphatic heterocycles. The van der Waals surface area contributed by atoms with Crippen LogP contribution in [0.5, 0.6) is 5.75 Å². The Balaban J connectivity index is 1.79. The highest BCUT2D eigenvalue weighted by atomic mass is 16.5. The van der Waals surface area contributed by atoms with E-state index in [2.05, 4.69) is 11.4 Å². The van der Waals surface area contributed by atoms with Gasteiger partial charge in [0.2, 0.25) is 5.91 Å². The quantitative estimate of drug-likeness (QED) is 0.840. The van der Waals surface area contributed by atoms with Crippen molar-refractivity contribution >= 4 is 17.4 Å². The molecule has 1 aliphatic rings. The number of ketones is 1. The predicted octanol–water partition coefficient (Wildman–Crippen LogP) is 3.96. The zero-order valence-corrected chi connectivity index (χ0v) is 14.7. The first-order chi connectivity index (χ1) is 12.1. The number of amides is 1. The Hall–Kier alpha value is -2.62. The van der Waals surface area contributed by atoms with Crippen LogP contribution in [0.4, 0.5) is 5.69 Å². The first-order valence-corrected chi connectivity index (χ1v) is 8.67. The predicted molar refractivity (Wildman–Crippen MR) is 98.4 cm³/mol. The van der Waals surface area contributed by atoms with Gasteiger partial charge in [0.05, 0.1) is 13.5 Å². The van der Waals surface area contributed by atoms with Crippen LogP contribution in [0.1, 0.15) is 46.8 Å². The molecule has 2 aromatic carbocycles. The van der Waals surface area contributed by atoms with Crippen molar-refractivity contribution in [2.45, 2.75) is 39.0 Å². The Bertz CT molecular complexity index is 811. The van der Waals surface area contributed by atoms with Crippen LogP contribution in [0.2, 0.25) is 0 Å². The van der Waals surface area contributed by atoms with Gasteiger partial charge in [0.15, 0.2) is 5.78 Å². The monoisotopic (exact) mass is 337 g/mol. The summed E-state index contributed by atoms with van der Waals surface area (Å²) in [5.74, 6) is 0.495. The van der Waals surface area contributed by atoms with Crippen LogP contribution < -0.4 is 10.1 Å². The molecule has 4 nitrogen and oxygen atoms in total. The molecule has 1 aliphatic carbocycles. The number of rotatable bonds is 5. The average molecular weight is 337 g/mol. The number of ether oxygens (including phenoxy) is 1. The van der Waals surface area contributed by atoms with Gasteiger partial charge in [-0.1, -0.05) is 12.1 Å². The number of nitrogens with one attached hydrogen (secondary N) is 1. The van der Waals surface area contributed by atoms with Crippen LogP contribution in [0.3, 0.4) is 0 Å². The molecule has 0 bridgehead atoms. The number of Topliss-reactive ketones (excluding diaryl/α,β-unsaturated/α-hetero) is 1. The van der Waals surface area contributed by atoms with E-state index >= 15 is 0 Å². The van der Waals surface area contributed by atoms with E-state index in [1.807, 2.05) is 12.1 Å². The van der Waals surface area contributed by atoms with Crippen molar-refractivity contribution in [2.24, 2.45) is 0 Å². The summed E-state index contributed by atoms with van der Waals surface area (Å²) in [5, 5.41) is 3.04. The number of anilines is 1. The first kappa shape index (κ1) is 17.2. The van der Waals surface area contributed by atoms with Crippen LogP contribution in [0.15, 0.2) is 36.4 Å². The topological polar surface area (TPSA) is 55.4 Å². The fourth-order valence-corrected chi connectivity index (χ4v) is 3.40. The van der Waals surface area contributed by atoms with Crippen molar-refractivity contribution < 1.29 is 14.3 Å². The lowest BCUT2D eigenvalue weighted by atomic mass is 9.90.